The zero-order chi connectivity index (χ0) is 23.3. The zero-order valence-corrected chi connectivity index (χ0v) is 19.1. The van der Waals surface area contributed by atoms with E-state index in [4.69, 9.17) is 11.6 Å². The lowest BCUT2D eigenvalue weighted by molar-refractivity contribution is 0.102. The highest BCUT2D eigenvalue weighted by atomic mass is 35.5. The van der Waals surface area contributed by atoms with Crippen molar-refractivity contribution in [2.75, 3.05) is 9.62 Å². The average molecular weight is 477 g/mol. The Hall–Kier alpha value is -3.61. The van der Waals surface area contributed by atoms with E-state index >= 15 is 0 Å². The highest BCUT2D eigenvalue weighted by Gasteiger charge is 2.28. The summed E-state index contributed by atoms with van der Waals surface area (Å²) in [4.78, 5) is 13.3. The van der Waals surface area contributed by atoms with Crippen LogP contribution in [0.25, 0.3) is 0 Å². The van der Waals surface area contributed by atoms with Gasteiger partial charge in [-0.25, -0.2) is 8.42 Å². The first-order chi connectivity index (χ1) is 15.9. The topological polar surface area (TPSA) is 66.5 Å². The van der Waals surface area contributed by atoms with E-state index in [0.717, 1.165) is 5.56 Å². The van der Waals surface area contributed by atoms with Crippen molar-refractivity contribution in [3.05, 3.63) is 125 Å². The molecule has 1 amide bonds. The lowest BCUT2D eigenvalue weighted by Gasteiger charge is -2.26. The molecule has 0 heterocycles. The molecule has 0 unspecified atom stereocenters. The van der Waals surface area contributed by atoms with Crippen LogP contribution in [-0.4, -0.2) is 14.3 Å². The molecule has 1 N–H and O–H groups in total. The molecule has 0 aliphatic rings. The average Bonchev–Trinajstić information content (AvgIpc) is 2.85. The molecule has 0 aliphatic carbocycles. The Morgan fingerprint density at radius 3 is 2.00 bits per heavy atom. The number of amides is 1. The first kappa shape index (κ1) is 22.6. The Balaban J connectivity index is 1.77. The van der Waals surface area contributed by atoms with Crippen molar-refractivity contribution in [2.24, 2.45) is 0 Å². The van der Waals surface area contributed by atoms with Crippen LogP contribution in [0.2, 0.25) is 5.02 Å². The van der Waals surface area contributed by atoms with Crippen LogP contribution in [0.1, 0.15) is 15.9 Å². The molecule has 4 aromatic rings. The van der Waals surface area contributed by atoms with Gasteiger partial charge in [-0.2, -0.15) is 0 Å². The van der Waals surface area contributed by atoms with Crippen LogP contribution in [0.4, 0.5) is 11.4 Å². The van der Waals surface area contributed by atoms with Crippen LogP contribution in [0.15, 0.2) is 114 Å². The van der Waals surface area contributed by atoms with Crippen molar-refractivity contribution in [2.45, 2.75) is 11.4 Å². The maximum absolute atomic E-state index is 13.7. The molecule has 0 radical (unpaired) electrons. The van der Waals surface area contributed by atoms with Crippen molar-refractivity contribution >= 4 is 38.9 Å². The summed E-state index contributed by atoms with van der Waals surface area (Å²) >= 11 is 5.93. The first-order valence-electron chi connectivity index (χ1n) is 10.2. The van der Waals surface area contributed by atoms with Gasteiger partial charge in [0, 0.05) is 10.7 Å². The van der Waals surface area contributed by atoms with Gasteiger partial charge in [0.15, 0.2) is 0 Å². The molecule has 33 heavy (non-hydrogen) atoms. The molecule has 4 rings (SSSR count). The molecule has 7 heteroatoms. The van der Waals surface area contributed by atoms with E-state index in [2.05, 4.69) is 5.32 Å². The minimum absolute atomic E-state index is 0.0727. The fourth-order valence-corrected chi connectivity index (χ4v) is 5.00. The number of nitrogens with zero attached hydrogens (tertiary/aromatic N) is 1. The maximum Gasteiger partial charge on any atom is 0.264 e. The summed E-state index contributed by atoms with van der Waals surface area (Å²) in [7, 11) is -3.95. The number of sulfonamides is 1. The molecule has 166 valence electrons. The van der Waals surface area contributed by atoms with E-state index in [1.54, 1.807) is 78.9 Å². The molecule has 4 aromatic carbocycles. The number of hydrogen-bond donors (Lipinski definition) is 1. The first-order valence-corrected chi connectivity index (χ1v) is 12.0. The van der Waals surface area contributed by atoms with Gasteiger partial charge in [-0.05, 0) is 54.1 Å². The van der Waals surface area contributed by atoms with Crippen LogP contribution in [0.5, 0.6) is 0 Å². The molecule has 0 saturated heterocycles. The third-order valence-electron chi connectivity index (χ3n) is 5.02. The van der Waals surface area contributed by atoms with E-state index in [1.165, 1.54) is 4.31 Å². The van der Waals surface area contributed by atoms with Gasteiger partial charge in [0.1, 0.15) is 0 Å². The molecular weight excluding hydrogens is 456 g/mol. The van der Waals surface area contributed by atoms with Crippen LogP contribution < -0.4 is 9.62 Å². The maximum atomic E-state index is 13.7. The number of carbonyl (C=O) groups is 1. The van der Waals surface area contributed by atoms with Crippen molar-refractivity contribution in [3.63, 3.8) is 0 Å². The van der Waals surface area contributed by atoms with E-state index < -0.39 is 15.9 Å². The summed E-state index contributed by atoms with van der Waals surface area (Å²) in [6.45, 7) is 0.0727. The lowest BCUT2D eigenvalue weighted by Crippen LogP contribution is -2.32. The highest BCUT2D eigenvalue weighted by Crippen LogP contribution is 2.30. The summed E-state index contributed by atoms with van der Waals surface area (Å²) in [5.74, 6) is -0.422. The predicted octanol–water partition coefficient (Wildman–Crippen LogP) is 5.99. The second-order valence-electron chi connectivity index (χ2n) is 7.29. The van der Waals surface area contributed by atoms with E-state index in [1.807, 2.05) is 30.3 Å². The standard InChI is InChI=1S/C26H21ClN2O3S/c27-21-15-17-22(18-16-21)28-26(30)24-13-7-8-14-25(24)29(19-20-9-3-1-4-10-20)33(31,32)23-11-5-2-6-12-23/h1-18H,19H2,(H,28,30). The van der Waals surface area contributed by atoms with Gasteiger partial charge in [0.05, 0.1) is 22.7 Å². The van der Waals surface area contributed by atoms with Gasteiger partial charge in [-0.15, -0.1) is 0 Å². The number of halogens is 1. The van der Waals surface area contributed by atoms with Crippen LogP contribution >= 0.6 is 11.6 Å². The summed E-state index contributed by atoms with van der Waals surface area (Å²) in [5.41, 5.74) is 1.88. The second-order valence-corrected chi connectivity index (χ2v) is 9.59. The van der Waals surface area contributed by atoms with Crippen LogP contribution in [-0.2, 0) is 16.6 Å². The summed E-state index contributed by atoms with van der Waals surface area (Å²) in [5, 5.41) is 3.37. The van der Waals surface area contributed by atoms with Crippen LogP contribution in [0.3, 0.4) is 0 Å². The number of rotatable bonds is 7. The number of hydrogen-bond acceptors (Lipinski definition) is 3. The third-order valence-corrected chi connectivity index (χ3v) is 7.05. The Labute approximate surface area is 198 Å². The van der Waals surface area contributed by atoms with E-state index in [-0.39, 0.29) is 22.7 Å². The number of para-hydroxylation sites is 1. The highest BCUT2D eigenvalue weighted by molar-refractivity contribution is 7.92. The molecule has 0 fully saturated rings. The second kappa shape index (κ2) is 9.90. The van der Waals surface area contributed by atoms with Crippen molar-refractivity contribution in [1.82, 2.24) is 0 Å². The zero-order valence-electron chi connectivity index (χ0n) is 17.6. The smallest absolute Gasteiger partial charge is 0.264 e. The summed E-state index contributed by atoms with van der Waals surface area (Å²) < 4.78 is 28.6. The van der Waals surface area contributed by atoms with Gasteiger partial charge in [0.25, 0.3) is 15.9 Å². The lowest BCUT2D eigenvalue weighted by atomic mass is 10.1. The molecule has 0 bridgehead atoms. The number of anilines is 2. The third kappa shape index (κ3) is 5.25. The van der Waals surface area contributed by atoms with Gasteiger partial charge >= 0.3 is 0 Å². The summed E-state index contributed by atoms with van der Waals surface area (Å²) in [6, 6.07) is 30.8. The van der Waals surface area contributed by atoms with Gasteiger partial charge in [0.2, 0.25) is 0 Å². The minimum atomic E-state index is -3.95. The fraction of sp³-hybridized carbons (Fsp3) is 0.0385. The quantitative estimate of drug-likeness (QED) is 0.356. The fourth-order valence-electron chi connectivity index (χ4n) is 3.38. The van der Waals surface area contributed by atoms with E-state index in [0.29, 0.717) is 10.7 Å². The van der Waals surface area contributed by atoms with Crippen molar-refractivity contribution in [3.8, 4) is 0 Å². The molecule has 0 spiro atoms. The normalized spacial score (nSPS) is 11.1. The molecule has 5 nitrogen and oxygen atoms in total. The van der Waals surface area contributed by atoms with Crippen molar-refractivity contribution in [1.29, 1.82) is 0 Å². The van der Waals surface area contributed by atoms with Gasteiger partial charge in [-0.3, -0.25) is 9.10 Å². The number of nitrogens with one attached hydrogen (secondary N) is 1. The SMILES string of the molecule is O=C(Nc1ccc(Cl)cc1)c1ccccc1N(Cc1ccccc1)S(=O)(=O)c1ccccc1. The van der Waals surface area contributed by atoms with Gasteiger partial charge in [-0.1, -0.05) is 72.3 Å². The van der Waals surface area contributed by atoms with E-state index in [9.17, 15) is 13.2 Å². The molecule has 0 aliphatic heterocycles. The Kier molecular flexibility index (Phi) is 6.77. The van der Waals surface area contributed by atoms with Crippen molar-refractivity contribution < 1.29 is 13.2 Å². The minimum Gasteiger partial charge on any atom is -0.322 e. The Morgan fingerprint density at radius 1 is 0.758 bits per heavy atom. The number of carbonyl (C=O) groups excluding carboxylic acids is 1. The monoisotopic (exact) mass is 476 g/mol. The number of benzene rings is 4. The van der Waals surface area contributed by atoms with Crippen LogP contribution in [0, 0.1) is 0 Å². The van der Waals surface area contributed by atoms with Gasteiger partial charge < -0.3 is 5.32 Å². The Bertz CT molecular complexity index is 1340. The molecule has 0 aromatic heterocycles. The molecular formula is C26H21ClN2O3S. The Morgan fingerprint density at radius 2 is 1.33 bits per heavy atom. The largest absolute Gasteiger partial charge is 0.322 e. The molecule has 0 saturated carbocycles. The predicted molar refractivity (Wildman–Crippen MR) is 132 cm³/mol. The molecule has 0 atom stereocenters. The summed E-state index contributed by atoms with van der Waals surface area (Å²) in [6.07, 6.45) is 0.